The average Bonchev–Trinajstić information content (AvgIpc) is 3.15. The van der Waals surface area contributed by atoms with E-state index in [0.717, 1.165) is 49.3 Å². The van der Waals surface area contributed by atoms with Gasteiger partial charge in [0.15, 0.2) is 5.16 Å². The van der Waals surface area contributed by atoms with Crippen LogP contribution in [0.5, 0.6) is 0 Å². The Morgan fingerprint density at radius 1 is 0.967 bits per heavy atom. The van der Waals surface area contributed by atoms with Crippen molar-refractivity contribution in [1.29, 1.82) is 0 Å². The van der Waals surface area contributed by atoms with Gasteiger partial charge in [0.05, 0.1) is 12.3 Å². The van der Waals surface area contributed by atoms with Crippen molar-refractivity contribution in [2.45, 2.75) is 37.9 Å². The zero-order valence-electron chi connectivity index (χ0n) is 17.4. The van der Waals surface area contributed by atoms with E-state index in [-0.39, 0.29) is 5.91 Å². The minimum Gasteiger partial charge on any atom is -0.342 e. The Labute approximate surface area is 182 Å². The Bertz CT molecular complexity index is 950. The summed E-state index contributed by atoms with van der Waals surface area (Å²) >= 11 is 1.50. The average molecular weight is 421 g/mol. The first-order valence-corrected chi connectivity index (χ1v) is 11.6. The van der Waals surface area contributed by atoms with Crippen LogP contribution in [0.25, 0.3) is 0 Å². The maximum atomic E-state index is 12.7. The van der Waals surface area contributed by atoms with Crippen LogP contribution in [0.4, 0.5) is 0 Å². The maximum Gasteiger partial charge on any atom is 0.233 e. The van der Waals surface area contributed by atoms with Crippen LogP contribution in [-0.4, -0.2) is 44.4 Å². The van der Waals surface area contributed by atoms with Gasteiger partial charge in [0.1, 0.15) is 5.82 Å². The van der Waals surface area contributed by atoms with Gasteiger partial charge < -0.3 is 9.47 Å². The van der Waals surface area contributed by atoms with Crippen molar-refractivity contribution in [2.24, 2.45) is 5.92 Å². The van der Waals surface area contributed by atoms with E-state index in [9.17, 15) is 4.79 Å². The van der Waals surface area contributed by atoms with E-state index in [1.807, 2.05) is 41.3 Å². The van der Waals surface area contributed by atoms with Gasteiger partial charge in [-0.15, -0.1) is 10.2 Å². The van der Waals surface area contributed by atoms with Crippen LogP contribution in [0.3, 0.4) is 0 Å². The quantitative estimate of drug-likeness (QED) is 0.536. The number of rotatable bonds is 7. The summed E-state index contributed by atoms with van der Waals surface area (Å²) in [6.07, 6.45) is 2.92. The third-order valence-electron chi connectivity index (χ3n) is 5.64. The minimum atomic E-state index is 0.200. The summed E-state index contributed by atoms with van der Waals surface area (Å²) in [7, 11) is 0. The number of amides is 1. The number of aromatic nitrogens is 3. The second-order valence-electron chi connectivity index (χ2n) is 7.98. The van der Waals surface area contributed by atoms with Crippen LogP contribution in [0.2, 0.25) is 0 Å². The Morgan fingerprint density at radius 3 is 2.27 bits per heavy atom. The van der Waals surface area contributed by atoms with E-state index in [1.165, 1.54) is 22.9 Å². The number of hydrogen-bond donors (Lipinski definition) is 0. The number of carbonyl (C=O) groups is 1. The molecule has 0 unspecified atom stereocenters. The van der Waals surface area contributed by atoms with E-state index >= 15 is 0 Å². The molecular formula is C24H28N4OS. The van der Waals surface area contributed by atoms with Gasteiger partial charge in [0.2, 0.25) is 5.91 Å². The Hall–Kier alpha value is -2.60. The summed E-state index contributed by atoms with van der Waals surface area (Å²) < 4.78 is 2.15. The molecule has 0 radical (unpaired) electrons. The number of likely N-dealkylation sites (tertiary alicyclic amines) is 1. The molecule has 1 aliphatic rings. The van der Waals surface area contributed by atoms with Crippen LogP contribution in [-0.2, 0) is 17.8 Å². The lowest BCUT2D eigenvalue weighted by Crippen LogP contribution is -2.38. The van der Waals surface area contributed by atoms with Crippen LogP contribution in [0.1, 0.15) is 36.7 Å². The fraction of sp³-hybridized carbons (Fsp3) is 0.375. The molecule has 1 aromatic heterocycles. The lowest BCUT2D eigenvalue weighted by atomic mass is 9.99. The second kappa shape index (κ2) is 9.94. The van der Waals surface area contributed by atoms with E-state index in [4.69, 9.17) is 0 Å². The molecular weight excluding hydrogens is 392 g/mol. The Kier molecular flexibility index (Phi) is 6.84. The summed E-state index contributed by atoms with van der Waals surface area (Å²) in [5, 5.41) is 9.73. The highest BCUT2D eigenvalue weighted by molar-refractivity contribution is 7.99. The highest BCUT2D eigenvalue weighted by Gasteiger charge is 2.21. The molecule has 1 saturated heterocycles. The van der Waals surface area contributed by atoms with Gasteiger partial charge in [-0.1, -0.05) is 79.3 Å². The topological polar surface area (TPSA) is 51.0 Å². The van der Waals surface area contributed by atoms with Crippen molar-refractivity contribution < 1.29 is 4.79 Å². The van der Waals surface area contributed by atoms with Gasteiger partial charge in [-0.25, -0.2) is 0 Å². The molecule has 3 aromatic rings. The highest BCUT2D eigenvalue weighted by atomic mass is 32.2. The number of piperidine rings is 1. The predicted octanol–water partition coefficient (Wildman–Crippen LogP) is 4.27. The Balaban J connectivity index is 1.49. The molecule has 1 aliphatic heterocycles. The summed E-state index contributed by atoms with van der Waals surface area (Å²) in [6.45, 7) is 4.71. The molecule has 0 aliphatic carbocycles. The van der Waals surface area contributed by atoms with Gasteiger partial charge in [-0.05, 0) is 29.9 Å². The molecule has 1 amide bonds. The van der Waals surface area contributed by atoms with Gasteiger partial charge in [0.25, 0.3) is 0 Å². The third-order valence-corrected chi connectivity index (χ3v) is 6.59. The van der Waals surface area contributed by atoms with Gasteiger partial charge >= 0.3 is 0 Å². The number of thioether (sulfide) groups is 1. The molecule has 0 atom stereocenters. The number of nitrogens with zero attached hydrogens (tertiary/aromatic N) is 4. The first kappa shape index (κ1) is 20.7. The lowest BCUT2D eigenvalue weighted by Gasteiger charge is -2.30. The van der Waals surface area contributed by atoms with Crippen molar-refractivity contribution in [3.8, 4) is 0 Å². The van der Waals surface area contributed by atoms with Crippen molar-refractivity contribution >= 4 is 17.7 Å². The lowest BCUT2D eigenvalue weighted by molar-refractivity contribution is -0.129. The third kappa shape index (κ3) is 5.30. The Morgan fingerprint density at radius 2 is 1.60 bits per heavy atom. The molecule has 1 fully saturated rings. The number of carbonyl (C=O) groups excluding carboxylic acids is 1. The summed E-state index contributed by atoms with van der Waals surface area (Å²) in [4.78, 5) is 14.7. The summed E-state index contributed by atoms with van der Waals surface area (Å²) in [5.74, 6) is 2.25. The molecule has 4 rings (SSSR count). The zero-order valence-corrected chi connectivity index (χ0v) is 18.2. The summed E-state index contributed by atoms with van der Waals surface area (Å²) in [6, 6.07) is 20.7. The fourth-order valence-corrected chi connectivity index (χ4v) is 4.59. The number of benzene rings is 2. The molecule has 6 heteroatoms. The maximum absolute atomic E-state index is 12.7. The minimum absolute atomic E-state index is 0.200. The van der Waals surface area contributed by atoms with E-state index in [2.05, 4.69) is 46.0 Å². The van der Waals surface area contributed by atoms with E-state index < -0.39 is 0 Å². The van der Waals surface area contributed by atoms with Gasteiger partial charge in [-0.3, -0.25) is 4.79 Å². The summed E-state index contributed by atoms with van der Waals surface area (Å²) in [5.41, 5.74) is 2.40. The van der Waals surface area contributed by atoms with Crippen molar-refractivity contribution in [3.05, 3.63) is 77.6 Å². The standard InChI is InChI=1S/C24H28N4OS/c1-19-12-14-27(15-13-19)23(29)18-30-24-26-25-22(16-20-8-4-2-5-9-20)28(24)17-21-10-6-3-7-11-21/h2-11,19H,12-18H2,1H3. The van der Waals surface area contributed by atoms with Gasteiger partial charge in [-0.2, -0.15) is 0 Å². The molecule has 0 spiro atoms. The molecule has 2 aromatic carbocycles. The first-order chi connectivity index (χ1) is 14.7. The van der Waals surface area contributed by atoms with Crippen LogP contribution < -0.4 is 0 Å². The van der Waals surface area contributed by atoms with E-state index in [1.54, 1.807) is 0 Å². The van der Waals surface area contributed by atoms with Crippen LogP contribution in [0.15, 0.2) is 65.8 Å². The molecule has 2 heterocycles. The smallest absolute Gasteiger partial charge is 0.233 e. The molecule has 30 heavy (non-hydrogen) atoms. The van der Waals surface area contributed by atoms with Crippen molar-refractivity contribution in [3.63, 3.8) is 0 Å². The SMILES string of the molecule is CC1CCN(C(=O)CSc2nnc(Cc3ccccc3)n2Cc2ccccc2)CC1. The number of hydrogen-bond acceptors (Lipinski definition) is 4. The normalized spacial score (nSPS) is 14.8. The molecule has 0 saturated carbocycles. The fourth-order valence-electron chi connectivity index (χ4n) is 3.74. The van der Waals surface area contributed by atoms with Crippen LogP contribution in [0, 0.1) is 5.92 Å². The van der Waals surface area contributed by atoms with Crippen molar-refractivity contribution in [2.75, 3.05) is 18.8 Å². The second-order valence-corrected chi connectivity index (χ2v) is 8.93. The molecule has 0 N–H and O–H groups in total. The predicted molar refractivity (Wildman–Crippen MR) is 121 cm³/mol. The molecule has 156 valence electrons. The zero-order chi connectivity index (χ0) is 20.8. The van der Waals surface area contributed by atoms with Crippen LogP contribution >= 0.6 is 11.8 Å². The monoisotopic (exact) mass is 420 g/mol. The molecule has 0 bridgehead atoms. The largest absolute Gasteiger partial charge is 0.342 e. The first-order valence-electron chi connectivity index (χ1n) is 10.6. The van der Waals surface area contributed by atoms with E-state index in [0.29, 0.717) is 12.3 Å². The molecule has 5 nitrogen and oxygen atoms in total. The highest BCUT2D eigenvalue weighted by Crippen LogP contribution is 2.22. The van der Waals surface area contributed by atoms with Crippen molar-refractivity contribution in [1.82, 2.24) is 19.7 Å². The van der Waals surface area contributed by atoms with Gasteiger partial charge in [0, 0.05) is 19.5 Å².